The Morgan fingerprint density at radius 2 is 1.90 bits per heavy atom. The highest BCUT2D eigenvalue weighted by molar-refractivity contribution is 5.83. The van der Waals surface area contributed by atoms with Crippen LogP contribution in [0.3, 0.4) is 0 Å². The van der Waals surface area contributed by atoms with Crippen LogP contribution in [-0.2, 0) is 4.79 Å². The zero-order chi connectivity index (χ0) is 15.1. The van der Waals surface area contributed by atoms with Crippen molar-refractivity contribution >= 4 is 12.0 Å². The van der Waals surface area contributed by atoms with Gasteiger partial charge in [0, 0.05) is 13.1 Å². The van der Waals surface area contributed by atoms with Crippen molar-refractivity contribution in [3.8, 4) is 0 Å². The van der Waals surface area contributed by atoms with Crippen LogP contribution in [0.2, 0.25) is 0 Å². The van der Waals surface area contributed by atoms with E-state index in [0.717, 1.165) is 12.8 Å². The number of carboxylic acid groups (broad SMARTS) is 1. The van der Waals surface area contributed by atoms with Crippen molar-refractivity contribution in [1.29, 1.82) is 0 Å². The molecule has 0 aromatic heterocycles. The van der Waals surface area contributed by atoms with E-state index in [0.29, 0.717) is 5.56 Å². The highest BCUT2D eigenvalue weighted by Crippen LogP contribution is 2.14. The molecule has 0 radical (unpaired) electrons. The molecule has 5 nitrogen and oxygen atoms in total. The number of nitrogens with one attached hydrogen (secondary N) is 1. The van der Waals surface area contributed by atoms with Crippen molar-refractivity contribution in [3.63, 3.8) is 0 Å². The third-order valence-electron chi connectivity index (χ3n) is 3.34. The highest BCUT2D eigenvalue weighted by atomic mass is 16.4. The Balaban J connectivity index is 2.77. The first-order valence-corrected chi connectivity index (χ1v) is 6.78. The third-order valence-corrected chi connectivity index (χ3v) is 3.34. The molecule has 0 heterocycles. The van der Waals surface area contributed by atoms with Crippen molar-refractivity contribution in [2.45, 2.75) is 38.8 Å². The maximum Gasteiger partial charge on any atom is 0.330 e. The van der Waals surface area contributed by atoms with E-state index in [-0.39, 0.29) is 12.1 Å². The van der Waals surface area contributed by atoms with Gasteiger partial charge in [0.25, 0.3) is 0 Å². The van der Waals surface area contributed by atoms with Gasteiger partial charge in [0.05, 0.1) is 0 Å². The molecule has 0 aliphatic rings. The molecule has 0 saturated carbocycles. The minimum absolute atomic E-state index is 0.0743. The van der Waals surface area contributed by atoms with Crippen LogP contribution in [0.4, 0.5) is 4.79 Å². The summed E-state index contributed by atoms with van der Waals surface area (Å²) in [5.74, 6) is -1.07. The molecule has 0 aliphatic heterocycles. The second-order valence-corrected chi connectivity index (χ2v) is 4.88. The number of aliphatic carboxylic acids is 1. The summed E-state index contributed by atoms with van der Waals surface area (Å²) in [6.45, 7) is 3.99. The zero-order valence-corrected chi connectivity index (χ0v) is 12.2. The van der Waals surface area contributed by atoms with Crippen molar-refractivity contribution < 1.29 is 14.7 Å². The van der Waals surface area contributed by atoms with E-state index in [1.54, 1.807) is 42.3 Å². The number of hydrogen-bond acceptors (Lipinski definition) is 2. The predicted molar refractivity (Wildman–Crippen MR) is 77.5 cm³/mol. The number of rotatable bonds is 6. The molecule has 0 fully saturated rings. The fourth-order valence-corrected chi connectivity index (χ4v) is 1.97. The fourth-order valence-electron chi connectivity index (χ4n) is 1.97. The molecule has 0 bridgehead atoms. The number of benzene rings is 1. The summed E-state index contributed by atoms with van der Waals surface area (Å²) >= 11 is 0. The number of hydrogen-bond donors (Lipinski definition) is 2. The van der Waals surface area contributed by atoms with Crippen LogP contribution in [-0.4, -0.2) is 35.1 Å². The number of carbonyl (C=O) groups is 2. The molecular weight excluding hydrogens is 256 g/mol. The molecule has 110 valence electrons. The summed E-state index contributed by atoms with van der Waals surface area (Å²) in [6.07, 6.45) is 1.85. The van der Waals surface area contributed by atoms with Gasteiger partial charge in [-0.25, -0.2) is 9.59 Å². The normalized spacial score (nSPS) is 13.3. The molecule has 1 rings (SSSR count). The van der Waals surface area contributed by atoms with E-state index in [1.165, 1.54) is 0 Å². The summed E-state index contributed by atoms with van der Waals surface area (Å²) < 4.78 is 0. The lowest BCUT2D eigenvalue weighted by Crippen LogP contribution is -2.45. The van der Waals surface area contributed by atoms with E-state index in [9.17, 15) is 14.7 Å². The lowest BCUT2D eigenvalue weighted by molar-refractivity contribution is -0.139. The summed E-state index contributed by atoms with van der Waals surface area (Å²) in [4.78, 5) is 25.0. The third kappa shape index (κ3) is 4.26. The maximum absolute atomic E-state index is 12.1. The Kier molecular flexibility index (Phi) is 6.03. The molecule has 1 aromatic carbocycles. The van der Waals surface area contributed by atoms with E-state index in [2.05, 4.69) is 5.32 Å². The first-order chi connectivity index (χ1) is 9.47. The lowest BCUT2D eigenvalue weighted by atomic mass is 10.1. The molecule has 20 heavy (non-hydrogen) atoms. The smallest absolute Gasteiger partial charge is 0.330 e. The van der Waals surface area contributed by atoms with Crippen LogP contribution in [0, 0.1) is 0 Å². The van der Waals surface area contributed by atoms with Gasteiger partial charge >= 0.3 is 12.0 Å². The minimum Gasteiger partial charge on any atom is -0.479 e. The maximum atomic E-state index is 12.1. The van der Waals surface area contributed by atoms with Crippen LogP contribution in [0.25, 0.3) is 0 Å². The Labute approximate surface area is 119 Å². The van der Waals surface area contributed by atoms with Gasteiger partial charge in [-0.3, -0.25) is 0 Å². The summed E-state index contributed by atoms with van der Waals surface area (Å²) in [7, 11) is 1.68. The van der Waals surface area contributed by atoms with Crippen molar-refractivity contribution in [1.82, 2.24) is 10.2 Å². The van der Waals surface area contributed by atoms with Gasteiger partial charge in [0.15, 0.2) is 6.04 Å². The Morgan fingerprint density at radius 1 is 1.30 bits per heavy atom. The van der Waals surface area contributed by atoms with Crippen LogP contribution in [0.5, 0.6) is 0 Å². The summed E-state index contributed by atoms with van der Waals surface area (Å²) in [5, 5.41) is 11.8. The van der Waals surface area contributed by atoms with E-state index in [1.807, 2.05) is 13.8 Å². The molecule has 0 saturated heterocycles. The minimum atomic E-state index is -1.07. The molecule has 0 spiro atoms. The molecule has 2 atom stereocenters. The molecule has 1 unspecified atom stereocenters. The number of nitrogens with zero attached hydrogens (tertiary/aromatic N) is 1. The lowest BCUT2D eigenvalue weighted by Gasteiger charge is -2.26. The molecule has 2 amide bonds. The van der Waals surface area contributed by atoms with E-state index in [4.69, 9.17) is 0 Å². The summed E-state index contributed by atoms with van der Waals surface area (Å²) in [6, 6.07) is 7.36. The quantitative estimate of drug-likeness (QED) is 0.840. The molecule has 0 aliphatic carbocycles. The zero-order valence-electron chi connectivity index (χ0n) is 12.2. The fraction of sp³-hybridized carbons (Fsp3) is 0.467. The van der Waals surface area contributed by atoms with Gasteiger partial charge in [-0.2, -0.15) is 0 Å². The van der Waals surface area contributed by atoms with Crippen LogP contribution >= 0.6 is 0 Å². The first-order valence-electron chi connectivity index (χ1n) is 6.78. The standard InChI is InChI=1S/C15H22N2O3/c1-4-8-11(2)17(3)15(20)16-13(14(18)19)12-9-6-5-7-10-12/h5-7,9-11,13H,4,8H2,1-3H3,(H,16,20)(H,18,19)/t11?,13-/m0/s1. The van der Waals surface area contributed by atoms with Gasteiger partial charge in [-0.05, 0) is 18.9 Å². The van der Waals surface area contributed by atoms with Gasteiger partial charge in [0.1, 0.15) is 0 Å². The first kappa shape index (κ1) is 16.0. The number of urea groups is 1. The topological polar surface area (TPSA) is 69.6 Å². The van der Waals surface area contributed by atoms with Gasteiger partial charge < -0.3 is 15.3 Å². The molecule has 2 N–H and O–H groups in total. The average molecular weight is 278 g/mol. The Morgan fingerprint density at radius 3 is 2.40 bits per heavy atom. The number of carbonyl (C=O) groups excluding carboxylic acids is 1. The molecule has 5 heteroatoms. The predicted octanol–water partition coefficient (Wildman–Crippen LogP) is 2.64. The Bertz CT molecular complexity index is 448. The second kappa shape index (κ2) is 7.53. The van der Waals surface area contributed by atoms with Crippen molar-refractivity contribution in [2.75, 3.05) is 7.05 Å². The van der Waals surface area contributed by atoms with Gasteiger partial charge in [-0.1, -0.05) is 43.7 Å². The SMILES string of the molecule is CCCC(C)N(C)C(=O)N[C@H](C(=O)O)c1ccccc1. The molecular formula is C15H22N2O3. The average Bonchev–Trinajstić information content (AvgIpc) is 2.44. The van der Waals surface area contributed by atoms with E-state index < -0.39 is 12.0 Å². The summed E-state index contributed by atoms with van der Waals surface area (Å²) in [5.41, 5.74) is 0.560. The van der Waals surface area contributed by atoms with Gasteiger partial charge in [-0.15, -0.1) is 0 Å². The second-order valence-electron chi connectivity index (χ2n) is 4.88. The Hall–Kier alpha value is -2.04. The monoisotopic (exact) mass is 278 g/mol. The number of amides is 2. The van der Waals surface area contributed by atoms with Gasteiger partial charge in [0.2, 0.25) is 0 Å². The highest BCUT2D eigenvalue weighted by Gasteiger charge is 2.24. The number of carboxylic acids is 1. The van der Waals surface area contributed by atoms with Crippen molar-refractivity contribution in [2.24, 2.45) is 0 Å². The van der Waals surface area contributed by atoms with E-state index >= 15 is 0 Å². The van der Waals surface area contributed by atoms with Crippen LogP contribution in [0.15, 0.2) is 30.3 Å². The van der Waals surface area contributed by atoms with Crippen LogP contribution in [0.1, 0.15) is 38.3 Å². The largest absolute Gasteiger partial charge is 0.479 e. The van der Waals surface area contributed by atoms with Crippen molar-refractivity contribution in [3.05, 3.63) is 35.9 Å². The molecule has 1 aromatic rings. The van der Waals surface area contributed by atoms with Crippen LogP contribution < -0.4 is 5.32 Å².